The van der Waals surface area contributed by atoms with Gasteiger partial charge in [0.15, 0.2) is 0 Å². The summed E-state index contributed by atoms with van der Waals surface area (Å²) in [7, 11) is 1.20. The maximum absolute atomic E-state index is 12.8. The fourth-order valence-corrected chi connectivity index (χ4v) is 4.61. The van der Waals surface area contributed by atoms with Gasteiger partial charge in [0.05, 0.1) is 17.6 Å². The third-order valence-corrected chi connectivity index (χ3v) is 5.97. The van der Waals surface area contributed by atoms with Crippen LogP contribution >= 0.6 is 11.8 Å². The summed E-state index contributed by atoms with van der Waals surface area (Å²) in [4.78, 5) is 39.2. The summed E-state index contributed by atoms with van der Waals surface area (Å²) in [5.74, 6) is 1.33. The molecule has 8 nitrogen and oxygen atoms in total. The van der Waals surface area contributed by atoms with Crippen LogP contribution in [0.4, 0.5) is 5.69 Å². The molecule has 1 atom stereocenters. The second-order valence-electron chi connectivity index (χ2n) is 6.36. The number of nitro benzene ring substituents is 1. The van der Waals surface area contributed by atoms with Crippen molar-refractivity contribution in [3.05, 3.63) is 39.4 Å². The lowest BCUT2D eigenvalue weighted by Crippen LogP contribution is -2.52. The maximum atomic E-state index is 12.8. The molecule has 0 bridgehead atoms. The number of carbonyl (C=O) groups is 2. The minimum atomic E-state index is -0.702. The minimum absolute atomic E-state index is 0.00617. The van der Waals surface area contributed by atoms with E-state index < -0.39 is 10.9 Å². The summed E-state index contributed by atoms with van der Waals surface area (Å²) in [5.41, 5.74) is -0.144. The minimum Gasteiger partial charge on any atom is -0.465 e. The van der Waals surface area contributed by atoms with Gasteiger partial charge < -0.3 is 9.64 Å². The van der Waals surface area contributed by atoms with Gasteiger partial charge >= 0.3 is 5.97 Å². The molecule has 1 amide bonds. The summed E-state index contributed by atoms with van der Waals surface area (Å²) >= 11 is 1.96. The first-order valence-electron chi connectivity index (χ1n) is 8.48. The van der Waals surface area contributed by atoms with Crippen molar-refractivity contribution >= 4 is 29.3 Å². The van der Waals surface area contributed by atoms with Crippen molar-refractivity contribution in [1.29, 1.82) is 0 Å². The second kappa shape index (κ2) is 8.05. The first-order valence-corrected chi connectivity index (χ1v) is 9.64. The van der Waals surface area contributed by atoms with Crippen LogP contribution in [-0.2, 0) is 4.74 Å². The predicted molar refractivity (Wildman–Crippen MR) is 97.6 cm³/mol. The molecule has 0 saturated carbocycles. The van der Waals surface area contributed by atoms with E-state index in [0.717, 1.165) is 24.9 Å². The number of rotatable bonds is 4. The first kappa shape index (κ1) is 18.7. The van der Waals surface area contributed by atoms with E-state index in [2.05, 4.69) is 9.64 Å². The second-order valence-corrected chi connectivity index (χ2v) is 7.51. The van der Waals surface area contributed by atoms with E-state index in [1.165, 1.54) is 31.4 Å². The summed E-state index contributed by atoms with van der Waals surface area (Å²) in [6.07, 6.45) is 1.19. The summed E-state index contributed by atoms with van der Waals surface area (Å²) in [6.45, 7) is 2.76. The van der Waals surface area contributed by atoms with E-state index in [0.29, 0.717) is 19.1 Å². The SMILES string of the molecule is COC(=O)c1cc(C(=O)N2CCN([C@@H]3CCSC3)CC2)cc([N+](=O)[O-])c1. The molecule has 2 saturated heterocycles. The van der Waals surface area contributed by atoms with Crippen molar-refractivity contribution < 1.29 is 19.2 Å². The number of thioether (sulfide) groups is 1. The number of non-ortho nitro benzene ring substituents is 1. The molecule has 2 aliphatic rings. The lowest BCUT2D eigenvalue weighted by atomic mass is 10.1. The van der Waals surface area contributed by atoms with Crippen molar-refractivity contribution in [2.24, 2.45) is 0 Å². The van der Waals surface area contributed by atoms with E-state index in [-0.39, 0.29) is 22.7 Å². The Morgan fingerprint density at radius 1 is 1.19 bits per heavy atom. The fourth-order valence-electron chi connectivity index (χ4n) is 3.36. The Morgan fingerprint density at radius 2 is 1.88 bits per heavy atom. The number of piperazine rings is 1. The molecular weight excluding hydrogens is 358 g/mol. The molecule has 0 radical (unpaired) electrons. The number of esters is 1. The van der Waals surface area contributed by atoms with Crippen molar-refractivity contribution in [1.82, 2.24) is 9.80 Å². The smallest absolute Gasteiger partial charge is 0.338 e. The van der Waals surface area contributed by atoms with Crippen LogP contribution < -0.4 is 0 Å². The van der Waals surface area contributed by atoms with Crippen LogP contribution in [0, 0.1) is 10.1 Å². The molecule has 0 aromatic heterocycles. The van der Waals surface area contributed by atoms with Crippen molar-refractivity contribution in [2.45, 2.75) is 12.5 Å². The number of nitrogens with zero attached hydrogens (tertiary/aromatic N) is 3. The molecular formula is C17H21N3O5S. The van der Waals surface area contributed by atoms with Gasteiger partial charge in [-0.25, -0.2) is 4.79 Å². The molecule has 2 fully saturated rings. The van der Waals surface area contributed by atoms with Crippen LogP contribution in [0.2, 0.25) is 0 Å². The average molecular weight is 379 g/mol. The topological polar surface area (TPSA) is 93.0 Å². The lowest BCUT2D eigenvalue weighted by molar-refractivity contribution is -0.384. The third kappa shape index (κ3) is 3.99. The zero-order valence-corrected chi connectivity index (χ0v) is 15.4. The van der Waals surface area contributed by atoms with Crippen LogP contribution in [0.1, 0.15) is 27.1 Å². The lowest BCUT2D eigenvalue weighted by Gasteiger charge is -2.37. The van der Waals surface area contributed by atoms with Gasteiger partial charge in [0.1, 0.15) is 0 Å². The number of hydrogen-bond acceptors (Lipinski definition) is 7. The van der Waals surface area contributed by atoms with Crippen LogP contribution in [0.15, 0.2) is 18.2 Å². The highest BCUT2D eigenvalue weighted by Gasteiger charge is 2.29. The van der Waals surface area contributed by atoms with Gasteiger partial charge in [0.2, 0.25) is 0 Å². The van der Waals surface area contributed by atoms with Crippen LogP contribution in [0.5, 0.6) is 0 Å². The highest BCUT2D eigenvalue weighted by Crippen LogP contribution is 2.24. The van der Waals surface area contributed by atoms with Crippen LogP contribution in [-0.4, -0.2) is 77.4 Å². The van der Waals surface area contributed by atoms with Gasteiger partial charge in [-0.15, -0.1) is 0 Å². The van der Waals surface area contributed by atoms with Crippen molar-refractivity contribution in [2.75, 3.05) is 44.8 Å². The Bertz CT molecular complexity index is 712. The van der Waals surface area contributed by atoms with Gasteiger partial charge in [0.25, 0.3) is 11.6 Å². The highest BCUT2D eigenvalue weighted by molar-refractivity contribution is 7.99. The van der Waals surface area contributed by atoms with Gasteiger partial charge in [0, 0.05) is 55.7 Å². The zero-order chi connectivity index (χ0) is 18.7. The van der Waals surface area contributed by atoms with Crippen LogP contribution in [0.25, 0.3) is 0 Å². The van der Waals surface area contributed by atoms with E-state index in [4.69, 9.17) is 0 Å². The average Bonchev–Trinajstić information content (AvgIpc) is 3.21. The largest absolute Gasteiger partial charge is 0.465 e. The summed E-state index contributed by atoms with van der Waals surface area (Å²) in [6, 6.07) is 4.29. The molecule has 140 valence electrons. The Morgan fingerprint density at radius 3 is 2.46 bits per heavy atom. The molecule has 2 aliphatic heterocycles. The number of benzene rings is 1. The predicted octanol–water partition coefficient (Wildman–Crippen LogP) is 1.64. The quantitative estimate of drug-likeness (QED) is 0.446. The van der Waals surface area contributed by atoms with Gasteiger partial charge in [-0.05, 0) is 18.2 Å². The first-order chi connectivity index (χ1) is 12.5. The summed E-state index contributed by atoms with van der Waals surface area (Å²) in [5, 5.41) is 11.1. The van der Waals surface area contributed by atoms with E-state index in [1.807, 2.05) is 11.8 Å². The molecule has 26 heavy (non-hydrogen) atoms. The zero-order valence-electron chi connectivity index (χ0n) is 14.6. The maximum Gasteiger partial charge on any atom is 0.338 e. The number of methoxy groups -OCH3 is 1. The molecule has 1 aromatic carbocycles. The van der Waals surface area contributed by atoms with Gasteiger partial charge in [-0.2, -0.15) is 11.8 Å². The fraction of sp³-hybridized carbons (Fsp3) is 0.529. The molecule has 0 spiro atoms. The Balaban J connectivity index is 1.74. The van der Waals surface area contributed by atoms with Crippen LogP contribution in [0.3, 0.4) is 0 Å². The summed E-state index contributed by atoms with van der Waals surface area (Å²) < 4.78 is 4.63. The monoisotopic (exact) mass is 379 g/mol. The Labute approximate surface area is 155 Å². The van der Waals surface area contributed by atoms with E-state index in [1.54, 1.807) is 4.90 Å². The number of ether oxygens (including phenoxy) is 1. The van der Waals surface area contributed by atoms with E-state index >= 15 is 0 Å². The Hall–Kier alpha value is -2.13. The third-order valence-electron chi connectivity index (χ3n) is 4.82. The molecule has 1 aromatic rings. The standard InChI is InChI=1S/C17H21N3O5S/c1-25-17(22)13-8-12(9-15(10-13)20(23)24)16(21)19-5-3-18(4-6-19)14-2-7-26-11-14/h8-10,14H,2-7,11H2,1H3/t14-/m1/s1. The highest BCUT2D eigenvalue weighted by atomic mass is 32.2. The molecule has 2 heterocycles. The van der Waals surface area contributed by atoms with Gasteiger partial charge in [-0.1, -0.05) is 0 Å². The van der Waals surface area contributed by atoms with Crippen molar-refractivity contribution in [3.8, 4) is 0 Å². The molecule has 3 rings (SSSR count). The molecule has 0 unspecified atom stereocenters. The Kier molecular flexibility index (Phi) is 5.77. The van der Waals surface area contributed by atoms with Gasteiger partial charge in [-0.3, -0.25) is 19.8 Å². The number of hydrogen-bond donors (Lipinski definition) is 0. The number of nitro groups is 1. The normalized spacial score (nSPS) is 20.8. The van der Waals surface area contributed by atoms with Crippen molar-refractivity contribution in [3.63, 3.8) is 0 Å². The molecule has 0 aliphatic carbocycles. The molecule has 9 heteroatoms. The van der Waals surface area contributed by atoms with E-state index in [9.17, 15) is 19.7 Å². The molecule has 0 N–H and O–H groups in total. The number of carbonyl (C=O) groups excluding carboxylic acids is 2. The number of amides is 1.